The second kappa shape index (κ2) is 5.38. The number of hydrogen-bond donors (Lipinski definition) is 2. The summed E-state index contributed by atoms with van der Waals surface area (Å²) in [6.45, 7) is 3.82. The number of aliphatic carboxylic acids is 1. The molecule has 1 fully saturated rings. The summed E-state index contributed by atoms with van der Waals surface area (Å²) in [7, 11) is 0. The lowest BCUT2D eigenvalue weighted by Crippen LogP contribution is -2.22. The highest BCUT2D eigenvalue weighted by atomic mass is 16.4. The standard InChI is InChI=1S/C14H18N2O3/c1-8-5-9(2)15-12(6-8)16-13(17)10-3-4-11(7-10)14(18)19/h5-6,10-11H,3-4,7H2,1-2H3,(H,18,19)(H,15,16,17)/t10-,11+/m1/s1. The van der Waals surface area contributed by atoms with Crippen LogP contribution in [0.2, 0.25) is 0 Å². The number of carboxylic acids is 1. The quantitative estimate of drug-likeness (QED) is 0.874. The van der Waals surface area contributed by atoms with Crippen LogP contribution in [0, 0.1) is 25.7 Å². The van der Waals surface area contributed by atoms with Gasteiger partial charge in [0.1, 0.15) is 5.82 Å². The molecule has 1 saturated carbocycles. The molecular formula is C14H18N2O3. The van der Waals surface area contributed by atoms with Crippen molar-refractivity contribution in [3.05, 3.63) is 23.4 Å². The predicted octanol–water partition coefficient (Wildman–Crippen LogP) is 2.14. The molecule has 1 heterocycles. The van der Waals surface area contributed by atoms with Crippen molar-refractivity contribution < 1.29 is 14.7 Å². The highest BCUT2D eigenvalue weighted by Gasteiger charge is 2.33. The first-order valence-electron chi connectivity index (χ1n) is 6.44. The molecule has 1 aliphatic carbocycles. The van der Waals surface area contributed by atoms with Crippen molar-refractivity contribution in [1.82, 2.24) is 4.98 Å². The van der Waals surface area contributed by atoms with E-state index in [4.69, 9.17) is 5.11 Å². The zero-order valence-corrected chi connectivity index (χ0v) is 11.1. The van der Waals surface area contributed by atoms with Gasteiger partial charge in [-0.3, -0.25) is 9.59 Å². The molecule has 102 valence electrons. The third-order valence-electron chi connectivity index (χ3n) is 3.50. The molecule has 0 aromatic carbocycles. The molecule has 1 aromatic rings. The summed E-state index contributed by atoms with van der Waals surface area (Å²) < 4.78 is 0. The fraction of sp³-hybridized carbons (Fsp3) is 0.500. The van der Waals surface area contributed by atoms with Gasteiger partial charge in [0, 0.05) is 11.6 Å². The summed E-state index contributed by atoms with van der Waals surface area (Å²) in [6, 6.07) is 3.75. The molecule has 1 aromatic heterocycles. The minimum Gasteiger partial charge on any atom is -0.481 e. The number of aryl methyl sites for hydroxylation is 2. The van der Waals surface area contributed by atoms with E-state index in [-0.39, 0.29) is 17.7 Å². The highest BCUT2D eigenvalue weighted by molar-refractivity contribution is 5.92. The molecule has 1 aliphatic rings. The summed E-state index contributed by atoms with van der Waals surface area (Å²) in [5.41, 5.74) is 1.89. The first-order chi connectivity index (χ1) is 8.95. The third-order valence-corrected chi connectivity index (χ3v) is 3.50. The number of rotatable bonds is 3. The first-order valence-corrected chi connectivity index (χ1v) is 6.44. The first kappa shape index (κ1) is 13.5. The number of carbonyl (C=O) groups excluding carboxylic acids is 1. The van der Waals surface area contributed by atoms with E-state index in [1.54, 1.807) is 0 Å². The summed E-state index contributed by atoms with van der Waals surface area (Å²) in [5, 5.41) is 11.7. The number of aromatic nitrogens is 1. The zero-order valence-electron chi connectivity index (χ0n) is 11.1. The van der Waals surface area contributed by atoms with E-state index >= 15 is 0 Å². The fourth-order valence-corrected chi connectivity index (χ4v) is 2.58. The van der Waals surface area contributed by atoms with E-state index in [1.807, 2.05) is 26.0 Å². The molecule has 0 saturated heterocycles. The Kier molecular flexibility index (Phi) is 3.83. The number of carboxylic acid groups (broad SMARTS) is 1. The minimum atomic E-state index is -0.806. The van der Waals surface area contributed by atoms with Gasteiger partial charge in [-0.15, -0.1) is 0 Å². The van der Waals surface area contributed by atoms with Crippen LogP contribution in [-0.2, 0) is 9.59 Å². The molecule has 1 amide bonds. The summed E-state index contributed by atoms with van der Waals surface area (Å²) in [6.07, 6.45) is 1.63. The Bertz CT molecular complexity index is 493. The van der Waals surface area contributed by atoms with Crippen molar-refractivity contribution in [3.63, 3.8) is 0 Å². The van der Waals surface area contributed by atoms with E-state index in [9.17, 15) is 9.59 Å². The Morgan fingerprint density at radius 2 is 1.95 bits per heavy atom. The summed E-state index contributed by atoms with van der Waals surface area (Å²) in [4.78, 5) is 27.2. The Labute approximate surface area is 112 Å². The van der Waals surface area contributed by atoms with E-state index in [1.165, 1.54) is 0 Å². The lowest BCUT2D eigenvalue weighted by atomic mass is 10.0. The van der Waals surface area contributed by atoms with Gasteiger partial charge in [0.2, 0.25) is 5.91 Å². The molecule has 0 bridgehead atoms. The van der Waals surface area contributed by atoms with Crippen LogP contribution < -0.4 is 5.32 Å². The van der Waals surface area contributed by atoms with Gasteiger partial charge in [-0.25, -0.2) is 4.98 Å². The fourth-order valence-electron chi connectivity index (χ4n) is 2.58. The lowest BCUT2D eigenvalue weighted by Gasteiger charge is -2.11. The largest absolute Gasteiger partial charge is 0.481 e. The number of carbonyl (C=O) groups is 2. The van der Waals surface area contributed by atoms with Crippen molar-refractivity contribution >= 4 is 17.7 Å². The Balaban J connectivity index is 2.00. The van der Waals surface area contributed by atoms with Crippen LogP contribution in [0.3, 0.4) is 0 Å². The normalized spacial score (nSPS) is 22.2. The number of pyridine rings is 1. The molecule has 2 atom stereocenters. The van der Waals surface area contributed by atoms with Crippen LogP contribution >= 0.6 is 0 Å². The van der Waals surface area contributed by atoms with Gasteiger partial charge < -0.3 is 10.4 Å². The molecule has 0 aliphatic heterocycles. The smallest absolute Gasteiger partial charge is 0.306 e. The van der Waals surface area contributed by atoms with Crippen molar-refractivity contribution in [2.45, 2.75) is 33.1 Å². The van der Waals surface area contributed by atoms with E-state index in [0.717, 1.165) is 11.3 Å². The van der Waals surface area contributed by atoms with Crippen LogP contribution in [0.25, 0.3) is 0 Å². The average molecular weight is 262 g/mol. The van der Waals surface area contributed by atoms with Crippen LogP contribution in [0.5, 0.6) is 0 Å². The summed E-state index contributed by atoms with van der Waals surface area (Å²) in [5.74, 6) is -0.992. The highest BCUT2D eigenvalue weighted by Crippen LogP contribution is 2.31. The Hall–Kier alpha value is -1.91. The maximum absolute atomic E-state index is 12.1. The van der Waals surface area contributed by atoms with Crippen molar-refractivity contribution in [2.24, 2.45) is 11.8 Å². The van der Waals surface area contributed by atoms with E-state index in [0.29, 0.717) is 25.1 Å². The predicted molar refractivity (Wildman–Crippen MR) is 70.8 cm³/mol. The number of nitrogens with one attached hydrogen (secondary N) is 1. The van der Waals surface area contributed by atoms with Crippen LogP contribution in [0.4, 0.5) is 5.82 Å². The molecule has 0 radical (unpaired) electrons. The van der Waals surface area contributed by atoms with Gasteiger partial charge in [-0.05, 0) is 50.8 Å². The Morgan fingerprint density at radius 1 is 1.26 bits per heavy atom. The molecule has 2 N–H and O–H groups in total. The average Bonchev–Trinajstić information content (AvgIpc) is 2.76. The van der Waals surface area contributed by atoms with Gasteiger partial charge in [0.05, 0.1) is 5.92 Å². The monoisotopic (exact) mass is 262 g/mol. The van der Waals surface area contributed by atoms with Crippen molar-refractivity contribution in [1.29, 1.82) is 0 Å². The molecule has 5 heteroatoms. The molecule has 19 heavy (non-hydrogen) atoms. The van der Waals surface area contributed by atoms with Crippen LogP contribution in [0.1, 0.15) is 30.5 Å². The minimum absolute atomic E-state index is 0.124. The third kappa shape index (κ3) is 3.30. The second-order valence-electron chi connectivity index (χ2n) is 5.21. The molecule has 0 spiro atoms. The molecule has 5 nitrogen and oxygen atoms in total. The van der Waals surface area contributed by atoms with Gasteiger partial charge in [0.15, 0.2) is 0 Å². The molecule has 2 rings (SSSR count). The second-order valence-corrected chi connectivity index (χ2v) is 5.21. The maximum atomic E-state index is 12.1. The number of nitrogens with zero attached hydrogens (tertiary/aromatic N) is 1. The number of hydrogen-bond acceptors (Lipinski definition) is 3. The van der Waals surface area contributed by atoms with Gasteiger partial charge in [0.25, 0.3) is 0 Å². The van der Waals surface area contributed by atoms with Gasteiger partial charge >= 0.3 is 5.97 Å². The van der Waals surface area contributed by atoms with Crippen LogP contribution in [-0.4, -0.2) is 22.0 Å². The molecular weight excluding hydrogens is 244 g/mol. The maximum Gasteiger partial charge on any atom is 0.306 e. The van der Waals surface area contributed by atoms with Crippen molar-refractivity contribution in [3.8, 4) is 0 Å². The summed E-state index contributed by atoms with van der Waals surface area (Å²) >= 11 is 0. The lowest BCUT2D eigenvalue weighted by molar-refractivity contribution is -0.141. The number of anilines is 1. The van der Waals surface area contributed by atoms with E-state index in [2.05, 4.69) is 10.3 Å². The molecule has 0 unspecified atom stereocenters. The number of amides is 1. The van der Waals surface area contributed by atoms with Crippen molar-refractivity contribution in [2.75, 3.05) is 5.32 Å². The van der Waals surface area contributed by atoms with Crippen LogP contribution in [0.15, 0.2) is 12.1 Å². The van der Waals surface area contributed by atoms with Gasteiger partial charge in [-0.1, -0.05) is 0 Å². The van der Waals surface area contributed by atoms with Gasteiger partial charge in [-0.2, -0.15) is 0 Å². The SMILES string of the molecule is Cc1cc(C)nc(NC(=O)[C@@H]2CC[C@H](C(=O)O)C2)c1. The topological polar surface area (TPSA) is 79.3 Å². The zero-order chi connectivity index (χ0) is 14.0. The Morgan fingerprint density at radius 3 is 2.53 bits per heavy atom. The van der Waals surface area contributed by atoms with E-state index < -0.39 is 5.97 Å².